The van der Waals surface area contributed by atoms with E-state index in [-0.39, 0.29) is 36.5 Å². The average Bonchev–Trinajstić information content (AvgIpc) is 3.20. The van der Waals surface area contributed by atoms with Gasteiger partial charge in [0.2, 0.25) is 17.7 Å². The van der Waals surface area contributed by atoms with E-state index < -0.39 is 54.2 Å². The van der Waals surface area contributed by atoms with Crippen LogP contribution in [-0.2, 0) is 51.2 Å². The minimum Gasteiger partial charge on any atom is -0.469 e. The van der Waals surface area contributed by atoms with Crippen molar-refractivity contribution in [1.29, 1.82) is 0 Å². The van der Waals surface area contributed by atoms with Crippen molar-refractivity contribution in [3.05, 3.63) is 23.5 Å². The second-order valence-electron chi connectivity index (χ2n) is 10.2. The maximum atomic E-state index is 13.6. The number of ether oxygens (including phenoxy) is 2. The SMILES string of the molecule is COC(=O)CC(NC(=O)[C@H]1CC(=O)C2c3c(ccn3C1)CC[C@@H]2NC(=O)C(NC(C)=O)C(C)C)C(=O)OC. The van der Waals surface area contributed by atoms with Gasteiger partial charge < -0.3 is 30.0 Å². The monoisotopic (exact) mass is 532 g/mol. The van der Waals surface area contributed by atoms with Crippen LogP contribution in [0.2, 0.25) is 0 Å². The zero-order chi connectivity index (χ0) is 28.1. The van der Waals surface area contributed by atoms with Crippen LogP contribution in [0.1, 0.15) is 57.2 Å². The molecule has 208 valence electrons. The number of ketones is 1. The van der Waals surface area contributed by atoms with Gasteiger partial charge in [0.05, 0.1) is 32.5 Å². The first-order valence-electron chi connectivity index (χ1n) is 12.7. The average molecular weight is 533 g/mol. The largest absolute Gasteiger partial charge is 0.469 e. The molecule has 0 saturated heterocycles. The van der Waals surface area contributed by atoms with Crippen LogP contribution < -0.4 is 16.0 Å². The van der Waals surface area contributed by atoms with Gasteiger partial charge in [0.1, 0.15) is 17.9 Å². The number of esters is 2. The molecule has 5 atom stereocenters. The molecule has 12 heteroatoms. The molecule has 3 rings (SSSR count). The first-order valence-corrected chi connectivity index (χ1v) is 12.7. The second kappa shape index (κ2) is 12.2. The molecule has 0 aromatic carbocycles. The zero-order valence-corrected chi connectivity index (χ0v) is 22.4. The van der Waals surface area contributed by atoms with Gasteiger partial charge in [-0.25, -0.2) is 4.79 Å². The summed E-state index contributed by atoms with van der Waals surface area (Å²) < 4.78 is 11.2. The van der Waals surface area contributed by atoms with Crippen LogP contribution in [0.25, 0.3) is 0 Å². The minimum atomic E-state index is -1.25. The summed E-state index contributed by atoms with van der Waals surface area (Å²) >= 11 is 0. The number of hydrogen-bond acceptors (Lipinski definition) is 8. The minimum absolute atomic E-state index is 0.116. The Morgan fingerprint density at radius 3 is 2.42 bits per heavy atom. The van der Waals surface area contributed by atoms with E-state index in [1.807, 2.05) is 30.7 Å². The van der Waals surface area contributed by atoms with Gasteiger partial charge in [0.15, 0.2) is 0 Å². The summed E-state index contributed by atoms with van der Waals surface area (Å²) in [5, 5.41) is 8.19. The summed E-state index contributed by atoms with van der Waals surface area (Å²) in [5.74, 6) is -4.59. The van der Waals surface area contributed by atoms with Crippen molar-refractivity contribution in [2.24, 2.45) is 11.8 Å². The molecular formula is C26H36N4O8. The number of carbonyl (C=O) groups is 6. The normalized spacial score (nSPS) is 21.8. The van der Waals surface area contributed by atoms with E-state index in [2.05, 4.69) is 20.7 Å². The van der Waals surface area contributed by atoms with Gasteiger partial charge in [-0.15, -0.1) is 0 Å². The maximum Gasteiger partial charge on any atom is 0.328 e. The number of nitrogens with one attached hydrogen (secondary N) is 3. The summed E-state index contributed by atoms with van der Waals surface area (Å²) in [7, 11) is 2.32. The molecule has 38 heavy (non-hydrogen) atoms. The first-order chi connectivity index (χ1) is 18.0. The lowest BCUT2D eigenvalue weighted by molar-refractivity contribution is -0.151. The van der Waals surface area contributed by atoms with E-state index in [0.29, 0.717) is 12.8 Å². The molecule has 3 N–H and O–H groups in total. The molecular weight excluding hydrogens is 496 g/mol. The molecule has 2 aliphatic rings. The number of rotatable bonds is 9. The van der Waals surface area contributed by atoms with Crippen molar-refractivity contribution in [3.63, 3.8) is 0 Å². The molecule has 2 heterocycles. The summed E-state index contributed by atoms with van der Waals surface area (Å²) in [5.41, 5.74) is 1.75. The summed E-state index contributed by atoms with van der Waals surface area (Å²) in [6.45, 7) is 5.19. The van der Waals surface area contributed by atoms with Gasteiger partial charge in [-0.3, -0.25) is 24.0 Å². The third kappa shape index (κ3) is 6.40. The molecule has 0 radical (unpaired) electrons. The summed E-state index contributed by atoms with van der Waals surface area (Å²) in [6, 6.07) is -0.588. The van der Waals surface area contributed by atoms with E-state index in [1.54, 1.807) is 0 Å². The second-order valence-corrected chi connectivity index (χ2v) is 10.2. The molecule has 1 aromatic rings. The lowest BCUT2D eigenvalue weighted by Gasteiger charge is -2.33. The standard InChI is InChI=1S/C26H36N4O8/c1-13(2)22(27-14(3)31)25(35)28-17-7-6-15-8-9-30-12-16(10-19(32)21(17)23(15)30)24(34)29-18(26(36)38-5)11-20(33)37-4/h8-9,13,16-18,21-22H,6-7,10-12H2,1-5H3,(H,27,31)(H,28,35)(H,29,34)/t16-,17-,18?,21?,22?/m0/s1. The van der Waals surface area contributed by atoms with E-state index in [9.17, 15) is 28.8 Å². The molecule has 0 bridgehead atoms. The molecule has 0 saturated carbocycles. The van der Waals surface area contributed by atoms with Crippen LogP contribution in [0.4, 0.5) is 0 Å². The highest BCUT2D eigenvalue weighted by Gasteiger charge is 2.43. The molecule has 0 spiro atoms. The van der Waals surface area contributed by atoms with Gasteiger partial charge in [-0.05, 0) is 30.4 Å². The Morgan fingerprint density at radius 1 is 1.11 bits per heavy atom. The van der Waals surface area contributed by atoms with Crippen LogP contribution in [-0.4, -0.2) is 72.4 Å². The molecule has 3 unspecified atom stereocenters. The van der Waals surface area contributed by atoms with Crippen molar-refractivity contribution in [2.75, 3.05) is 14.2 Å². The van der Waals surface area contributed by atoms with E-state index in [1.165, 1.54) is 14.0 Å². The Labute approximate surface area is 221 Å². The predicted octanol–water partition coefficient (Wildman–Crippen LogP) is -0.0267. The van der Waals surface area contributed by atoms with Crippen LogP contribution in [0.5, 0.6) is 0 Å². The predicted molar refractivity (Wildman–Crippen MR) is 134 cm³/mol. The van der Waals surface area contributed by atoms with Crippen LogP contribution in [0, 0.1) is 11.8 Å². The Balaban J connectivity index is 1.82. The smallest absolute Gasteiger partial charge is 0.328 e. The quantitative estimate of drug-likeness (QED) is 0.374. The van der Waals surface area contributed by atoms with Crippen LogP contribution in [0.15, 0.2) is 12.3 Å². The number of methoxy groups -OCH3 is 2. The number of aryl methyl sites for hydroxylation is 1. The zero-order valence-electron chi connectivity index (χ0n) is 22.4. The number of amides is 3. The Kier molecular flexibility index (Phi) is 9.29. The topological polar surface area (TPSA) is 162 Å². The highest BCUT2D eigenvalue weighted by molar-refractivity contribution is 5.95. The van der Waals surface area contributed by atoms with Crippen molar-refractivity contribution < 1.29 is 38.2 Å². The van der Waals surface area contributed by atoms with Crippen LogP contribution >= 0.6 is 0 Å². The lowest BCUT2D eigenvalue weighted by atomic mass is 9.79. The van der Waals surface area contributed by atoms with Crippen molar-refractivity contribution in [3.8, 4) is 0 Å². The highest BCUT2D eigenvalue weighted by atomic mass is 16.5. The molecule has 3 amide bonds. The molecule has 1 aromatic heterocycles. The Hall–Kier alpha value is -3.70. The van der Waals surface area contributed by atoms with Gasteiger partial charge in [0, 0.05) is 37.8 Å². The van der Waals surface area contributed by atoms with Gasteiger partial charge in [-0.1, -0.05) is 13.8 Å². The lowest BCUT2D eigenvalue weighted by Crippen LogP contribution is -2.54. The fourth-order valence-corrected chi connectivity index (χ4v) is 5.23. The molecule has 1 aliphatic heterocycles. The summed E-state index contributed by atoms with van der Waals surface area (Å²) in [4.78, 5) is 75.4. The molecule has 1 aliphatic carbocycles. The molecule has 0 fully saturated rings. The number of Topliss-reactive ketones (excluding diaryl/α,β-unsaturated/α-hetero) is 1. The number of carbonyl (C=O) groups excluding carboxylic acids is 6. The Bertz CT molecular complexity index is 1110. The molecule has 12 nitrogen and oxygen atoms in total. The van der Waals surface area contributed by atoms with Gasteiger partial charge >= 0.3 is 11.9 Å². The van der Waals surface area contributed by atoms with E-state index in [0.717, 1.165) is 18.4 Å². The fourth-order valence-electron chi connectivity index (χ4n) is 5.23. The first kappa shape index (κ1) is 28.9. The third-order valence-electron chi connectivity index (χ3n) is 7.13. The van der Waals surface area contributed by atoms with E-state index >= 15 is 0 Å². The van der Waals surface area contributed by atoms with Crippen molar-refractivity contribution in [2.45, 2.75) is 77.0 Å². The third-order valence-corrected chi connectivity index (χ3v) is 7.13. The summed E-state index contributed by atoms with van der Waals surface area (Å²) in [6.07, 6.45) is 2.47. The Morgan fingerprint density at radius 2 is 1.82 bits per heavy atom. The fraction of sp³-hybridized carbons (Fsp3) is 0.615. The number of hydrogen-bond donors (Lipinski definition) is 3. The number of aromatic nitrogens is 1. The van der Waals surface area contributed by atoms with Crippen molar-refractivity contribution >= 4 is 35.4 Å². The van der Waals surface area contributed by atoms with Gasteiger partial charge in [-0.2, -0.15) is 0 Å². The van der Waals surface area contributed by atoms with E-state index in [4.69, 9.17) is 4.74 Å². The van der Waals surface area contributed by atoms with Crippen LogP contribution in [0.3, 0.4) is 0 Å². The highest BCUT2D eigenvalue weighted by Crippen LogP contribution is 2.38. The van der Waals surface area contributed by atoms with Crippen molar-refractivity contribution in [1.82, 2.24) is 20.5 Å². The van der Waals surface area contributed by atoms with Gasteiger partial charge in [0.25, 0.3) is 0 Å². The maximum absolute atomic E-state index is 13.6. The number of nitrogens with zero attached hydrogens (tertiary/aromatic N) is 1.